The fourth-order valence-corrected chi connectivity index (χ4v) is 3.94. The minimum Gasteiger partial charge on any atom is -0.321 e. The summed E-state index contributed by atoms with van der Waals surface area (Å²) in [5.41, 5.74) is 5.37. The number of nitrogens with one attached hydrogen (secondary N) is 1. The van der Waals surface area contributed by atoms with Gasteiger partial charge in [0.25, 0.3) is 11.5 Å². The van der Waals surface area contributed by atoms with Gasteiger partial charge in [0.1, 0.15) is 9.88 Å². The molecule has 140 valence electrons. The first-order valence-corrected chi connectivity index (χ1v) is 9.42. The number of carbonyl (C=O) groups is 1. The molecule has 0 atom stereocenters. The molecule has 0 spiro atoms. The van der Waals surface area contributed by atoms with Gasteiger partial charge in [-0.15, -0.1) is 11.3 Å². The number of benzene rings is 1. The van der Waals surface area contributed by atoms with Crippen LogP contribution >= 0.6 is 11.3 Å². The Morgan fingerprint density at radius 1 is 1.07 bits per heavy atom. The SMILES string of the molecule is Cc1cccc(NC(=O)c2sc(-c3c(C)c(C)nn(C)c3=O)nc2C)c1C. The highest BCUT2D eigenvalue weighted by atomic mass is 32.1. The van der Waals surface area contributed by atoms with Crippen molar-refractivity contribution in [1.82, 2.24) is 14.8 Å². The van der Waals surface area contributed by atoms with Crippen molar-refractivity contribution in [1.29, 1.82) is 0 Å². The molecule has 2 aromatic heterocycles. The second-order valence-electron chi connectivity index (χ2n) is 6.65. The maximum absolute atomic E-state index is 12.8. The van der Waals surface area contributed by atoms with Crippen LogP contribution in [0.1, 0.15) is 37.7 Å². The van der Waals surface area contributed by atoms with E-state index in [-0.39, 0.29) is 11.5 Å². The van der Waals surface area contributed by atoms with Crippen LogP contribution in [-0.2, 0) is 7.05 Å². The first-order valence-electron chi connectivity index (χ1n) is 8.60. The lowest BCUT2D eigenvalue weighted by Crippen LogP contribution is -2.23. The number of hydrogen-bond acceptors (Lipinski definition) is 5. The average molecular weight is 382 g/mol. The zero-order valence-electron chi connectivity index (χ0n) is 16.3. The fraction of sp³-hybridized carbons (Fsp3) is 0.300. The van der Waals surface area contributed by atoms with Crippen molar-refractivity contribution >= 4 is 22.9 Å². The van der Waals surface area contributed by atoms with Gasteiger partial charge in [-0.05, 0) is 57.4 Å². The third-order valence-corrected chi connectivity index (χ3v) is 5.97. The number of carbonyl (C=O) groups excluding carboxylic acids is 1. The number of rotatable bonds is 3. The standard InChI is InChI=1S/C20H22N4O2S/c1-10-8-7-9-15(11(10)2)22-18(25)17-14(5)21-19(27-17)16-12(3)13(4)23-24(6)20(16)26/h7-9H,1-6H3,(H,22,25). The van der Waals surface area contributed by atoms with Crippen LogP contribution in [0, 0.1) is 34.6 Å². The van der Waals surface area contributed by atoms with Gasteiger partial charge in [0.05, 0.1) is 17.0 Å². The summed E-state index contributed by atoms with van der Waals surface area (Å²) in [6.45, 7) is 9.47. The molecule has 3 aromatic rings. The molecular weight excluding hydrogens is 360 g/mol. The molecule has 0 aliphatic heterocycles. The molecule has 0 saturated heterocycles. The van der Waals surface area contributed by atoms with Gasteiger partial charge in [-0.1, -0.05) is 12.1 Å². The van der Waals surface area contributed by atoms with Gasteiger partial charge in [0, 0.05) is 12.7 Å². The third-order valence-electron chi connectivity index (χ3n) is 4.80. The molecule has 3 rings (SSSR count). The average Bonchev–Trinajstić information content (AvgIpc) is 2.99. The molecule has 0 fully saturated rings. The van der Waals surface area contributed by atoms with Crippen LogP contribution in [0.3, 0.4) is 0 Å². The molecule has 1 aromatic carbocycles. The van der Waals surface area contributed by atoms with Gasteiger partial charge < -0.3 is 5.32 Å². The zero-order valence-corrected chi connectivity index (χ0v) is 17.1. The summed E-state index contributed by atoms with van der Waals surface area (Å²) in [4.78, 5) is 30.4. The van der Waals surface area contributed by atoms with Crippen molar-refractivity contribution in [2.45, 2.75) is 34.6 Å². The number of amides is 1. The van der Waals surface area contributed by atoms with E-state index < -0.39 is 0 Å². The molecule has 2 heterocycles. The second kappa shape index (κ2) is 7.08. The van der Waals surface area contributed by atoms with E-state index in [1.165, 1.54) is 16.0 Å². The number of anilines is 1. The first kappa shape index (κ1) is 19.0. The van der Waals surface area contributed by atoms with Crippen molar-refractivity contribution in [3.8, 4) is 10.6 Å². The van der Waals surface area contributed by atoms with Crippen LogP contribution in [0.5, 0.6) is 0 Å². The number of nitrogens with zero attached hydrogens (tertiary/aromatic N) is 3. The topological polar surface area (TPSA) is 76.9 Å². The number of hydrogen-bond donors (Lipinski definition) is 1. The number of aromatic nitrogens is 3. The quantitative estimate of drug-likeness (QED) is 0.749. The first-order chi connectivity index (χ1) is 12.7. The van der Waals surface area contributed by atoms with E-state index in [1.54, 1.807) is 14.0 Å². The van der Waals surface area contributed by atoms with E-state index in [4.69, 9.17) is 0 Å². The van der Waals surface area contributed by atoms with E-state index in [1.807, 2.05) is 45.9 Å². The highest BCUT2D eigenvalue weighted by Crippen LogP contribution is 2.29. The van der Waals surface area contributed by atoms with Crippen LogP contribution in [-0.4, -0.2) is 20.7 Å². The molecule has 1 N–H and O–H groups in total. The van der Waals surface area contributed by atoms with Gasteiger partial charge >= 0.3 is 0 Å². The molecular formula is C20H22N4O2S. The number of aryl methyl sites for hydroxylation is 4. The lowest BCUT2D eigenvalue weighted by atomic mass is 10.1. The molecule has 0 radical (unpaired) electrons. The molecule has 7 heteroatoms. The van der Waals surface area contributed by atoms with Crippen molar-refractivity contribution in [2.24, 2.45) is 7.05 Å². The lowest BCUT2D eigenvalue weighted by Gasteiger charge is -2.09. The third kappa shape index (κ3) is 3.42. The molecule has 0 bridgehead atoms. The van der Waals surface area contributed by atoms with Gasteiger partial charge in [0.2, 0.25) is 0 Å². The Labute approximate surface area is 161 Å². The van der Waals surface area contributed by atoms with Crippen LogP contribution < -0.4 is 10.9 Å². The number of thiazole rings is 1. The Hall–Kier alpha value is -2.80. The van der Waals surface area contributed by atoms with Crippen molar-refractivity contribution < 1.29 is 4.79 Å². The van der Waals surface area contributed by atoms with Crippen LogP contribution in [0.2, 0.25) is 0 Å². The summed E-state index contributed by atoms with van der Waals surface area (Å²) >= 11 is 1.23. The van der Waals surface area contributed by atoms with E-state index in [2.05, 4.69) is 15.4 Å². The van der Waals surface area contributed by atoms with E-state index in [9.17, 15) is 9.59 Å². The lowest BCUT2D eigenvalue weighted by molar-refractivity contribution is 0.102. The Morgan fingerprint density at radius 2 is 1.78 bits per heavy atom. The van der Waals surface area contributed by atoms with Crippen molar-refractivity contribution in [2.75, 3.05) is 5.32 Å². The monoisotopic (exact) mass is 382 g/mol. The summed E-state index contributed by atoms with van der Waals surface area (Å²) in [6.07, 6.45) is 0. The normalized spacial score (nSPS) is 10.9. The summed E-state index contributed by atoms with van der Waals surface area (Å²) in [5.74, 6) is -0.217. The summed E-state index contributed by atoms with van der Waals surface area (Å²) in [7, 11) is 1.62. The smallest absolute Gasteiger partial charge is 0.277 e. The minimum atomic E-state index is -0.217. The highest BCUT2D eigenvalue weighted by Gasteiger charge is 2.21. The van der Waals surface area contributed by atoms with Crippen molar-refractivity contribution in [3.05, 3.63) is 61.5 Å². The summed E-state index contributed by atoms with van der Waals surface area (Å²) in [6, 6.07) is 5.80. The van der Waals surface area contributed by atoms with E-state index in [0.29, 0.717) is 21.1 Å². The minimum absolute atomic E-state index is 0.215. The van der Waals surface area contributed by atoms with Gasteiger partial charge in [-0.3, -0.25) is 9.59 Å². The van der Waals surface area contributed by atoms with Crippen molar-refractivity contribution in [3.63, 3.8) is 0 Å². The maximum Gasteiger partial charge on any atom is 0.277 e. The Bertz CT molecular complexity index is 1110. The summed E-state index contributed by atoms with van der Waals surface area (Å²) in [5, 5.41) is 7.70. The van der Waals surface area contributed by atoms with Crippen LogP contribution in [0.25, 0.3) is 10.6 Å². The van der Waals surface area contributed by atoms with Gasteiger partial charge in [0.15, 0.2) is 0 Å². The van der Waals surface area contributed by atoms with Crippen LogP contribution in [0.15, 0.2) is 23.0 Å². The Morgan fingerprint density at radius 3 is 2.48 bits per heavy atom. The molecule has 0 aliphatic rings. The summed E-state index contributed by atoms with van der Waals surface area (Å²) < 4.78 is 1.31. The Kier molecular flexibility index (Phi) is 4.97. The Balaban J connectivity index is 2.02. The van der Waals surface area contributed by atoms with Crippen LogP contribution in [0.4, 0.5) is 5.69 Å². The van der Waals surface area contributed by atoms with E-state index >= 15 is 0 Å². The molecule has 0 unspecified atom stereocenters. The van der Waals surface area contributed by atoms with E-state index in [0.717, 1.165) is 28.1 Å². The molecule has 6 nitrogen and oxygen atoms in total. The zero-order chi connectivity index (χ0) is 19.9. The molecule has 0 aliphatic carbocycles. The largest absolute Gasteiger partial charge is 0.321 e. The fourth-order valence-electron chi connectivity index (χ4n) is 2.88. The molecule has 1 amide bonds. The predicted octanol–water partition coefficient (Wildman–Crippen LogP) is 3.70. The second-order valence-corrected chi connectivity index (χ2v) is 7.65. The van der Waals surface area contributed by atoms with Gasteiger partial charge in [-0.2, -0.15) is 5.10 Å². The predicted molar refractivity (Wildman–Crippen MR) is 109 cm³/mol. The highest BCUT2D eigenvalue weighted by molar-refractivity contribution is 7.17. The van der Waals surface area contributed by atoms with Gasteiger partial charge in [-0.25, -0.2) is 9.67 Å². The molecule has 0 saturated carbocycles. The maximum atomic E-state index is 12.8. The molecule has 27 heavy (non-hydrogen) atoms.